The number of aromatic nitrogens is 2. The molecular formula is C14H13N3O. The van der Waals surface area contributed by atoms with Gasteiger partial charge in [-0.05, 0) is 17.7 Å². The smallest absolute Gasteiger partial charge is 0.224 e. The molecule has 1 aliphatic rings. The van der Waals surface area contributed by atoms with Gasteiger partial charge in [-0.15, -0.1) is 12.3 Å². The summed E-state index contributed by atoms with van der Waals surface area (Å²) >= 11 is 0. The molecule has 90 valence electrons. The van der Waals surface area contributed by atoms with E-state index in [-0.39, 0.29) is 11.8 Å². The number of H-pyrrole nitrogens is 1. The molecule has 2 aromatic heterocycles. The third-order valence-electron chi connectivity index (χ3n) is 3.36. The van der Waals surface area contributed by atoms with Crippen molar-refractivity contribution in [3.63, 3.8) is 0 Å². The van der Waals surface area contributed by atoms with Crippen molar-refractivity contribution in [2.75, 3.05) is 6.54 Å². The van der Waals surface area contributed by atoms with Crippen LogP contribution in [0.2, 0.25) is 0 Å². The first-order chi connectivity index (χ1) is 8.78. The molecular weight excluding hydrogens is 226 g/mol. The normalized spacial score (nSPS) is 19.4. The van der Waals surface area contributed by atoms with Gasteiger partial charge in [-0.25, -0.2) is 4.98 Å². The van der Waals surface area contributed by atoms with Gasteiger partial charge in [0.05, 0.1) is 0 Å². The summed E-state index contributed by atoms with van der Waals surface area (Å²) < 4.78 is 0. The molecule has 1 saturated heterocycles. The maximum atomic E-state index is 11.8. The quantitative estimate of drug-likeness (QED) is 0.808. The lowest BCUT2D eigenvalue weighted by Crippen LogP contribution is -2.24. The van der Waals surface area contributed by atoms with Crippen LogP contribution in [0.25, 0.3) is 11.0 Å². The summed E-state index contributed by atoms with van der Waals surface area (Å²) in [7, 11) is 0. The lowest BCUT2D eigenvalue weighted by molar-refractivity contribution is -0.128. The number of hydrogen-bond acceptors (Lipinski definition) is 2. The molecule has 0 aliphatic carbocycles. The zero-order valence-electron chi connectivity index (χ0n) is 9.89. The molecule has 1 N–H and O–H groups in total. The van der Waals surface area contributed by atoms with E-state index in [1.807, 2.05) is 23.2 Å². The number of amides is 1. The van der Waals surface area contributed by atoms with Crippen molar-refractivity contribution in [2.24, 2.45) is 5.92 Å². The van der Waals surface area contributed by atoms with Crippen molar-refractivity contribution in [1.82, 2.24) is 14.9 Å². The van der Waals surface area contributed by atoms with E-state index in [2.05, 4.69) is 15.9 Å². The van der Waals surface area contributed by atoms with Crippen molar-refractivity contribution in [2.45, 2.75) is 13.0 Å². The Bertz CT molecular complexity index is 638. The van der Waals surface area contributed by atoms with Crippen LogP contribution in [0.15, 0.2) is 24.5 Å². The first-order valence-corrected chi connectivity index (χ1v) is 5.93. The van der Waals surface area contributed by atoms with Crippen LogP contribution >= 0.6 is 0 Å². The van der Waals surface area contributed by atoms with Crippen molar-refractivity contribution < 1.29 is 4.79 Å². The monoisotopic (exact) mass is 239 g/mol. The average Bonchev–Trinajstić information content (AvgIpc) is 2.97. The predicted octanol–water partition coefficient (Wildman–Crippen LogP) is 1.54. The summed E-state index contributed by atoms with van der Waals surface area (Å²) in [5, 5.41) is 1.06. The van der Waals surface area contributed by atoms with Crippen LogP contribution in [0.1, 0.15) is 12.0 Å². The molecule has 1 unspecified atom stereocenters. The van der Waals surface area contributed by atoms with Crippen molar-refractivity contribution in [1.29, 1.82) is 0 Å². The Balaban J connectivity index is 1.87. The fourth-order valence-corrected chi connectivity index (χ4v) is 2.40. The summed E-state index contributed by atoms with van der Waals surface area (Å²) in [5.41, 5.74) is 1.96. The third kappa shape index (κ3) is 1.74. The van der Waals surface area contributed by atoms with Crippen LogP contribution in [0.3, 0.4) is 0 Å². The van der Waals surface area contributed by atoms with E-state index >= 15 is 0 Å². The highest BCUT2D eigenvalue weighted by Gasteiger charge is 2.28. The SMILES string of the molecule is C#CC1CC(=O)N(Cc2ccnc3[nH]ccc23)C1. The molecule has 3 rings (SSSR count). The Morgan fingerprint density at radius 2 is 2.44 bits per heavy atom. The fourth-order valence-electron chi connectivity index (χ4n) is 2.40. The van der Waals surface area contributed by atoms with Crippen molar-refractivity contribution >= 4 is 16.9 Å². The predicted molar refractivity (Wildman–Crippen MR) is 68.5 cm³/mol. The van der Waals surface area contributed by atoms with Gasteiger partial charge in [0.1, 0.15) is 5.65 Å². The highest BCUT2D eigenvalue weighted by molar-refractivity contribution is 5.82. The van der Waals surface area contributed by atoms with Gasteiger partial charge >= 0.3 is 0 Å². The Kier molecular flexibility index (Phi) is 2.52. The fraction of sp³-hybridized carbons (Fsp3) is 0.286. The second-order valence-corrected chi connectivity index (χ2v) is 4.55. The van der Waals surface area contributed by atoms with Crippen molar-refractivity contribution in [3.8, 4) is 12.3 Å². The Labute approximate surface area is 105 Å². The topological polar surface area (TPSA) is 49.0 Å². The zero-order valence-corrected chi connectivity index (χ0v) is 9.89. The first-order valence-electron chi connectivity index (χ1n) is 5.93. The molecule has 1 atom stereocenters. The summed E-state index contributed by atoms with van der Waals surface area (Å²) in [6, 6.07) is 3.93. The number of nitrogens with one attached hydrogen (secondary N) is 1. The summed E-state index contributed by atoms with van der Waals surface area (Å²) in [5.74, 6) is 2.86. The molecule has 1 aliphatic heterocycles. The van der Waals surface area contributed by atoms with E-state index in [9.17, 15) is 4.79 Å². The molecule has 1 amide bonds. The van der Waals surface area contributed by atoms with Crippen LogP contribution < -0.4 is 0 Å². The minimum Gasteiger partial charge on any atom is -0.346 e. The molecule has 0 saturated carbocycles. The molecule has 4 nitrogen and oxygen atoms in total. The highest BCUT2D eigenvalue weighted by Crippen LogP contribution is 2.22. The number of nitrogens with zero attached hydrogens (tertiary/aromatic N) is 2. The maximum absolute atomic E-state index is 11.8. The third-order valence-corrected chi connectivity index (χ3v) is 3.36. The largest absolute Gasteiger partial charge is 0.346 e. The first kappa shape index (κ1) is 10.8. The number of hydrogen-bond donors (Lipinski definition) is 1. The van der Waals surface area contributed by atoms with Crippen LogP contribution in [-0.4, -0.2) is 27.3 Å². The lowest BCUT2D eigenvalue weighted by Gasteiger charge is -2.16. The number of fused-ring (bicyclic) bond motifs is 1. The maximum Gasteiger partial charge on any atom is 0.224 e. The molecule has 4 heteroatoms. The molecule has 3 heterocycles. The van der Waals surface area contributed by atoms with Gasteiger partial charge in [0.25, 0.3) is 0 Å². The minimum atomic E-state index is 0.0565. The minimum absolute atomic E-state index is 0.0565. The number of likely N-dealkylation sites (tertiary alicyclic amines) is 1. The van der Waals surface area contributed by atoms with Gasteiger partial charge in [-0.1, -0.05) is 0 Å². The Hall–Kier alpha value is -2.28. The van der Waals surface area contributed by atoms with Gasteiger partial charge in [-0.3, -0.25) is 4.79 Å². The molecule has 1 fully saturated rings. The number of pyridine rings is 1. The number of rotatable bonds is 2. The van der Waals surface area contributed by atoms with E-state index in [0.717, 1.165) is 16.6 Å². The van der Waals surface area contributed by atoms with Gasteiger partial charge in [0.15, 0.2) is 0 Å². The average molecular weight is 239 g/mol. The van der Waals surface area contributed by atoms with E-state index in [1.54, 1.807) is 6.20 Å². The Morgan fingerprint density at radius 3 is 3.22 bits per heavy atom. The number of terminal acetylenes is 1. The molecule has 2 aromatic rings. The van der Waals surface area contributed by atoms with Crippen molar-refractivity contribution in [3.05, 3.63) is 30.1 Å². The van der Waals surface area contributed by atoms with Crippen LogP contribution in [0.4, 0.5) is 0 Å². The molecule has 0 radical (unpaired) electrons. The lowest BCUT2D eigenvalue weighted by atomic mass is 10.1. The molecule has 0 aromatic carbocycles. The molecule has 0 bridgehead atoms. The van der Waals surface area contributed by atoms with Gasteiger partial charge in [0, 0.05) is 43.2 Å². The Morgan fingerprint density at radius 1 is 1.56 bits per heavy atom. The summed E-state index contributed by atoms with van der Waals surface area (Å²) in [6.07, 6.45) is 9.47. The van der Waals surface area contributed by atoms with Gasteiger partial charge in [-0.2, -0.15) is 0 Å². The number of carbonyl (C=O) groups excluding carboxylic acids is 1. The van der Waals surface area contributed by atoms with E-state index < -0.39 is 0 Å². The van der Waals surface area contributed by atoms with Crippen LogP contribution in [0, 0.1) is 18.3 Å². The second-order valence-electron chi connectivity index (χ2n) is 4.55. The number of aromatic amines is 1. The summed E-state index contributed by atoms with van der Waals surface area (Å²) in [4.78, 5) is 21.0. The standard InChI is InChI=1S/C14H13N3O/c1-2-10-7-13(18)17(8-10)9-11-3-5-15-14-12(11)4-6-16-14/h1,3-6,10H,7-9H2,(H,15,16). The summed E-state index contributed by atoms with van der Waals surface area (Å²) in [6.45, 7) is 1.26. The van der Waals surface area contributed by atoms with Crippen LogP contribution in [-0.2, 0) is 11.3 Å². The van der Waals surface area contributed by atoms with Crippen LogP contribution in [0.5, 0.6) is 0 Å². The van der Waals surface area contributed by atoms with E-state index in [4.69, 9.17) is 6.42 Å². The highest BCUT2D eigenvalue weighted by atomic mass is 16.2. The van der Waals surface area contributed by atoms with Gasteiger partial charge < -0.3 is 9.88 Å². The zero-order chi connectivity index (χ0) is 12.5. The van der Waals surface area contributed by atoms with Gasteiger partial charge in [0.2, 0.25) is 5.91 Å². The second kappa shape index (κ2) is 4.19. The van der Waals surface area contributed by atoms with E-state index in [1.165, 1.54) is 0 Å². The number of carbonyl (C=O) groups is 1. The molecule has 18 heavy (non-hydrogen) atoms. The van der Waals surface area contributed by atoms with E-state index in [0.29, 0.717) is 19.5 Å². The molecule has 0 spiro atoms.